The fourth-order valence-corrected chi connectivity index (χ4v) is 5.96. The number of ether oxygens (including phenoxy) is 2. The highest BCUT2D eigenvalue weighted by atomic mass is 16.6. The molecule has 0 aromatic heterocycles. The molecule has 3 amide bonds. The van der Waals surface area contributed by atoms with Crippen molar-refractivity contribution in [3.8, 4) is 5.75 Å². The van der Waals surface area contributed by atoms with Gasteiger partial charge >= 0.3 is 12.1 Å². The smallest absolute Gasteiger partial charge is 0.407 e. The van der Waals surface area contributed by atoms with Gasteiger partial charge in [0.2, 0.25) is 11.8 Å². The van der Waals surface area contributed by atoms with Crippen LogP contribution in [0.4, 0.5) is 10.5 Å². The fraction of sp³-hybridized carbons (Fsp3) is 0.500. The number of alkyl carbamates (subject to hydrolysis) is 1. The molecular formula is C32H41N3O7. The van der Waals surface area contributed by atoms with Gasteiger partial charge in [-0.1, -0.05) is 30.3 Å². The molecule has 2 atom stereocenters. The number of carbonyl (C=O) groups is 4. The second-order valence-corrected chi connectivity index (χ2v) is 12.1. The summed E-state index contributed by atoms with van der Waals surface area (Å²) < 4.78 is 10.5. The Kier molecular flexibility index (Phi) is 9.75. The average Bonchev–Trinajstić information content (AvgIpc) is 3.41. The molecule has 10 heteroatoms. The lowest BCUT2D eigenvalue weighted by Crippen LogP contribution is -2.48. The number of anilines is 1. The number of carbonyl (C=O) groups excluding carboxylic acids is 3. The van der Waals surface area contributed by atoms with Gasteiger partial charge in [-0.15, -0.1) is 0 Å². The zero-order valence-corrected chi connectivity index (χ0v) is 24.7. The number of nitrogens with zero attached hydrogens (tertiary/aromatic N) is 1. The number of rotatable bonds is 8. The minimum Gasteiger partial charge on any atom is -0.496 e. The zero-order valence-electron chi connectivity index (χ0n) is 24.7. The maximum absolute atomic E-state index is 13.9. The van der Waals surface area contributed by atoms with Crippen LogP contribution in [0.5, 0.6) is 5.75 Å². The van der Waals surface area contributed by atoms with E-state index >= 15 is 0 Å². The van der Waals surface area contributed by atoms with E-state index < -0.39 is 23.7 Å². The van der Waals surface area contributed by atoms with Crippen LogP contribution in [0.25, 0.3) is 0 Å². The van der Waals surface area contributed by atoms with Crippen molar-refractivity contribution in [1.29, 1.82) is 0 Å². The maximum atomic E-state index is 13.9. The molecular weight excluding hydrogens is 538 g/mol. The normalized spacial score (nSPS) is 22.2. The second-order valence-electron chi connectivity index (χ2n) is 12.1. The SMILES string of the molecule is COc1cc(NC(=O)[C@@H]2[C@H](c3ccccc3)CCN2C(=O)C2CCC(CNC(=O)OC(C)(C)C)CC2)ccc1C(=O)O. The van der Waals surface area contributed by atoms with E-state index in [0.29, 0.717) is 38.0 Å². The van der Waals surface area contributed by atoms with Gasteiger partial charge in [0.1, 0.15) is 23.0 Å². The molecule has 0 unspecified atom stereocenters. The van der Waals surface area contributed by atoms with Crippen LogP contribution in [-0.4, -0.2) is 65.7 Å². The number of carboxylic acid groups (broad SMARTS) is 1. The van der Waals surface area contributed by atoms with Crippen molar-refractivity contribution in [1.82, 2.24) is 10.2 Å². The van der Waals surface area contributed by atoms with Crippen molar-refractivity contribution in [2.75, 3.05) is 25.5 Å². The molecule has 42 heavy (non-hydrogen) atoms. The summed E-state index contributed by atoms with van der Waals surface area (Å²) in [4.78, 5) is 52.9. The molecule has 0 bridgehead atoms. The Morgan fingerprint density at radius 1 is 0.976 bits per heavy atom. The lowest BCUT2D eigenvalue weighted by atomic mass is 9.81. The molecule has 1 saturated heterocycles. The molecule has 2 aliphatic rings. The molecule has 2 fully saturated rings. The third kappa shape index (κ3) is 7.60. The Bertz CT molecular complexity index is 1280. The lowest BCUT2D eigenvalue weighted by molar-refractivity contribution is -0.141. The van der Waals surface area contributed by atoms with E-state index in [1.165, 1.54) is 25.3 Å². The minimum absolute atomic E-state index is 0.00720. The Labute approximate surface area is 246 Å². The number of amides is 3. The molecule has 1 aliphatic heterocycles. The molecule has 226 valence electrons. The number of nitrogens with one attached hydrogen (secondary N) is 2. The molecule has 2 aromatic carbocycles. The molecule has 0 spiro atoms. The summed E-state index contributed by atoms with van der Waals surface area (Å²) in [7, 11) is 1.37. The molecule has 10 nitrogen and oxygen atoms in total. The Hall–Kier alpha value is -4.08. The standard InChI is InChI=1S/C32H41N3O7/c1-32(2,3)42-31(40)33-19-20-10-12-22(13-11-20)29(37)35-17-16-24(21-8-6-5-7-9-21)27(35)28(36)34-23-14-15-25(30(38)39)26(18-23)41-4/h5-9,14-15,18,20,22,24,27H,10-13,16-17,19H2,1-4H3,(H,33,40)(H,34,36)(H,38,39)/t20?,22?,24-,27-/m0/s1. The van der Waals surface area contributed by atoms with Crippen LogP contribution in [-0.2, 0) is 14.3 Å². The number of benzene rings is 2. The van der Waals surface area contributed by atoms with E-state index in [1.54, 1.807) is 4.90 Å². The van der Waals surface area contributed by atoms with Gasteiger partial charge in [0.25, 0.3) is 0 Å². The molecule has 0 radical (unpaired) electrons. The van der Waals surface area contributed by atoms with Gasteiger partial charge in [0.15, 0.2) is 0 Å². The van der Waals surface area contributed by atoms with Crippen molar-refractivity contribution in [3.63, 3.8) is 0 Å². The Morgan fingerprint density at radius 3 is 2.29 bits per heavy atom. The van der Waals surface area contributed by atoms with E-state index in [1.807, 2.05) is 51.1 Å². The van der Waals surface area contributed by atoms with Crippen molar-refractivity contribution in [2.24, 2.45) is 11.8 Å². The molecule has 1 saturated carbocycles. The van der Waals surface area contributed by atoms with Crippen LogP contribution in [0.1, 0.15) is 74.7 Å². The third-order valence-electron chi connectivity index (χ3n) is 8.01. The quantitative estimate of drug-likeness (QED) is 0.399. The zero-order chi connectivity index (χ0) is 30.4. The summed E-state index contributed by atoms with van der Waals surface area (Å²) in [6.07, 6.45) is 3.20. The van der Waals surface area contributed by atoms with Crippen LogP contribution >= 0.6 is 0 Å². The van der Waals surface area contributed by atoms with E-state index in [9.17, 15) is 24.3 Å². The summed E-state index contributed by atoms with van der Waals surface area (Å²) in [6, 6.07) is 13.4. The van der Waals surface area contributed by atoms with Crippen LogP contribution in [0.2, 0.25) is 0 Å². The Balaban J connectivity index is 1.45. The van der Waals surface area contributed by atoms with Gasteiger partial charge in [-0.3, -0.25) is 9.59 Å². The average molecular weight is 580 g/mol. The predicted molar refractivity (Wildman–Crippen MR) is 158 cm³/mol. The summed E-state index contributed by atoms with van der Waals surface area (Å²) in [6.45, 7) is 6.44. The monoisotopic (exact) mass is 579 g/mol. The van der Waals surface area contributed by atoms with Gasteiger partial charge in [0, 0.05) is 36.7 Å². The fourth-order valence-electron chi connectivity index (χ4n) is 5.96. The number of methoxy groups -OCH3 is 1. The molecule has 2 aromatic rings. The van der Waals surface area contributed by atoms with Crippen LogP contribution in [0.15, 0.2) is 48.5 Å². The first kappa shape index (κ1) is 30.9. The summed E-state index contributed by atoms with van der Waals surface area (Å²) in [5.41, 5.74) is 0.820. The topological polar surface area (TPSA) is 134 Å². The molecule has 3 N–H and O–H groups in total. The van der Waals surface area contributed by atoms with Crippen molar-refractivity contribution < 1.29 is 33.8 Å². The van der Waals surface area contributed by atoms with E-state index in [-0.39, 0.29) is 40.9 Å². The van der Waals surface area contributed by atoms with Crippen molar-refractivity contribution in [2.45, 2.75) is 70.4 Å². The Morgan fingerprint density at radius 2 is 1.67 bits per heavy atom. The molecule has 4 rings (SSSR count). The number of likely N-dealkylation sites (tertiary alicyclic amines) is 1. The lowest BCUT2D eigenvalue weighted by Gasteiger charge is -2.34. The minimum atomic E-state index is -1.13. The van der Waals surface area contributed by atoms with E-state index in [4.69, 9.17) is 9.47 Å². The summed E-state index contributed by atoms with van der Waals surface area (Å²) in [5, 5.41) is 15.1. The van der Waals surface area contributed by atoms with Gasteiger partial charge in [-0.25, -0.2) is 9.59 Å². The van der Waals surface area contributed by atoms with Gasteiger partial charge < -0.3 is 30.1 Å². The number of aromatic carboxylic acids is 1. The van der Waals surface area contributed by atoms with Gasteiger partial charge in [0.05, 0.1) is 7.11 Å². The maximum Gasteiger partial charge on any atom is 0.407 e. The largest absolute Gasteiger partial charge is 0.496 e. The highest BCUT2D eigenvalue weighted by Gasteiger charge is 2.44. The van der Waals surface area contributed by atoms with E-state index in [0.717, 1.165) is 18.4 Å². The molecule has 1 heterocycles. The highest BCUT2D eigenvalue weighted by Crippen LogP contribution is 2.38. The highest BCUT2D eigenvalue weighted by molar-refractivity contribution is 5.99. The van der Waals surface area contributed by atoms with Crippen LogP contribution in [0, 0.1) is 11.8 Å². The van der Waals surface area contributed by atoms with Gasteiger partial charge in [-0.2, -0.15) is 0 Å². The first-order chi connectivity index (χ1) is 20.0. The third-order valence-corrected chi connectivity index (χ3v) is 8.01. The number of hydrogen-bond acceptors (Lipinski definition) is 6. The first-order valence-electron chi connectivity index (χ1n) is 14.5. The summed E-state index contributed by atoms with van der Waals surface area (Å²) in [5.74, 6) is -1.44. The number of hydrogen-bond donors (Lipinski definition) is 3. The van der Waals surface area contributed by atoms with Gasteiger partial charge in [-0.05, 0) is 76.5 Å². The number of carboxylic acids is 1. The molecule has 1 aliphatic carbocycles. The van der Waals surface area contributed by atoms with Crippen LogP contribution < -0.4 is 15.4 Å². The predicted octanol–water partition coefficient (Wildman–Crippen LogP) is 5.05. The van der Waals surface area contributed by atoms with E-state index in [2.05, 4.69) is 10.6 Å². The van der Waals surface area contributed by atoms with Crippen LogP contribution in [0.3, 0.4) is 0 Å². The van der Waals surface area contributed by atoms with Crippen molar-refractivity contribution in [3.05, 3.63) is 59.7 Å². The second kappa shape index (κ2) is 13.3. The first-order valence-corrected chi connectivity index (χ1v) is 14.5. The van der Waals surface area contributed by atoms with Crippen molar-refractivity contribution >= 4 is 29.6 Å². The summed E-state index contributed by atoms with van der Waals surface area (Å²) >= 11 is 0.